The number of esters is 1. The second kappa shape index (κ2) is 7.71. The minimum absolute atomic E-state index is 0.109. The van der Waals surface area contributed by atoms with Crippen molar-refractivity contribution >= 4 is 11.8 Å². The number of hydrogen-bond acceptors (Lipinski definition) is 5. The predicted molar refractivity (Wildman–Crippen MR) is 102 cm³/mol. The standard InChI is InChI=1S/C21H16N4O3/c26-18(17-12-7-13-22-17)14-28-21(27)19-23-20(15-8-3-1-4-9-15)25(24-19)16-10-5-2-6-11-16/h1-13,22H,14H2. The highest BCUT2D eigenvalue weighted by atomic mass is 16.5. The molecule has 0 aliphatic carbocycles. The molecule has 2 aromatic heterocycles. The van der Waals surface area contributed by atoms with Gasteiger partial charge in [-0.2, -0.15) is 0 Å². The van der Waals surface area contributed by atoms with Crippen LogP contribution >= 0.6 is 0 Å². The van der Waals surface area contributed by atoms with Crippen LogP contribution in [0.15, 0.2) is 79.0 Å². The topological polar surface area (TPSA) is 89.9 Å². The second-order valence-corrected chi connectivity index (χ2v) is 5.96. The zero-order valence-corrected chi connectivity index (χ0v) is 14.8. The summed E-state index contributed by atoms with van der Waals surface area (Å²) in [7, 11) is 0. The predicted octanol–water partition coefficient (Wildman–Crippen LogP) is 3.30. The van der Waals surface area contributed by atoms with Crippen LogP contribution in [0.4, 0.5) is 0 Å². The van der Waals surface area contributed by atoms with Gasteiger partial charge in [0.1, 0.15) is 0 Å². The van der Waals surface area contributed by atoms with E-state index in [4.69, 9.17) is 4.74 Å². The highest BCUT2D eigenvalue weighted by Gasteiger charge is 2.21. The molecule has 0 saturated carbocycles. The Labute approximate surface area is 160 Å². The molecule has 0 unspecified atom stereocenters. The van der Waals surface area contributed by atoms with Gasteiger partial charge in [-0.05, 0) is 24.3 Å². The number of Topliss-reactive ketones (excluding diaryl/α,β-unsaturated/α-hetero) is 1. The molecule has 1 N–H and O–H groups in total. The van der Waals surface area contributed by atoms with Crippen molar-refractivity contribution in [1.82, 2.24) is 19.7 Å². The molecule has 138 valence electrons. The first-order chi connectivity index (χ1) is 13.7. The summed E-state index contributed by atoms with van der Waals surface area (Å²) < 4.78 is 6.69. The lowest BCUT2D eigenvalue weighted by atomic mass is 10.2. The Kier molecular flexibility index (Phi) is 4.79. The SMILES string of the molecule is O=C(OCC(=O)c1ccc[nH]1)c1nc(-c2ccccc2)n(-c2ccccc2)n1. The molecule has 4 aromatic rings. The van der Waals surface area contributed by atoms with Crippen LogP contribution in [0.2, 0.25) is 0 Å². The molecule has 2 heterocycles. The first kappa shape index (κ1) is 17.4. The molecule has 0 fully saturated rings. The minimum Gasteiger partial charge on any atom is -0.451 e. The molecular weight excluding hydrogens is 356 g/mol. The first-order valence-corrected chi connectivity index (χ1v) is 8.64. The van der Waals surface area contributed by atoms with Gasteiger partial charge in [-0.1, -0.05) is 48.5 Å². The van der Waals surface area contributed by atoms with Crippen LogP contribution in [0.5, 0.6) is 0 Å². The third-order valence-corrected chi connectivity index (χ3v) is 4.06. The zero-order valence-electron chi connectivity index (χ0n) is 14.8. The monoisotopic (exact) mass is 372 g/mol. The Bertz CT molecular complexity index is 1030. The zero-order chi connectivity index (χ0) is 19.3. The number of para-hydroxylation sites is 1. The summed E-state index contributed by atoms with van der Waals surface area (Å²) in [6.07, 6.45) is 1.63. The molecule has 0 bridgehead atoms. The number of ether oxygens (including phenoxy) is 1. The van der Waals surface area contributed by atoms with E-state index in [1.165, 1.54) is 0 Å². The summed E-state index contributed by atoms with van der Waals surface area (Å²) in [5.74, 6) is -0.688. The van der Waals surface area contributed by atoms with Crippen LogP contribution in [0, 0.1) is 0 Å². The summed E-state index contributed by atoms with van der Waals surface area (Å²) in [6, 6.07) is 22.1. The Morgan fingerprint density at radius 2 is 1.64 bits per heavy atom. The summed E-state index contributed by atoms with van der Waals surface area (Å²) in [5, 5.41) is 4.31. The summed E-state index contributed by atoms with van der Waals surface area (Å²) in [4.78, 5) is 31.6. The molecule has 0 radical (unpaired) electrons. The van der Waals surface area contributed by atoms with Crippen molar-refractivity contribution in [2.75, 3.05) is 6.61 Å². The molecular formula is C21H16N4O3. The molecule has 0 saturated heterocycles. The molecule has 0 spiro atoms. The van der Waals surface area contributed by atoms with Crippen molar-refractivity contribution in [3.05, 3.63) is 90.5 Å². The number of hydrogen-bond donors (Lipinski definition) is 1. The third-order valence-electron chi connectivity index (χ3n) is 4.06. The van der Waals surface area contributed by atoms with E-state index in [0.29, 0.717) is 11.5 Å². The van der Waals surface area contributed by atoms with E-state index in [0.717, 1.165) is 11.3 Å². The average Bonchev–Trinajstić information content (AvgIpc) is 3.43. The van der Waals surface area contributed by atoms with Crippen molar-refractivity contribution in [2.24, 2.45) is 0 Å². The Hall–Kier alpha value is -4.00. The number of aromatic nitrogens is 4. The maximum absolute atomic E-state index is 12.4. The van der Waals surface area contributed by atoms with Gasteiger partial charge in [0.15, 0.2) is 12.4 Å². The summed E-state index contributed by atoms with van der Waals surface area (Å²) in [5.41, 5.74) is 1.94. The van der Waals surface area contributed by atoms with Crippen molar-refractivity contribution in [2.45, 2.75) is 0 Å². The third kappa shape index (κ3) is 3.59. The lowest BCUT2D eigenvalue weighted by Crippen LogP contribution is -2.15. The maximum atomic E-state index is 12.4. The van der Waals surface area contributed by atoms with Gasteiger partial charge in [0.25, 0.3) is 5.82 Å². The van der Waals surface area contributed by atoms with Crippen molar-refractivity contribution in [3.8, 4) is 17.1 Å². The molecule has 2 aromatic carbocycles. The molecule has 28 heavy (non-hydrogen) atoms. The highest BCUT2D eigenvalue weighted by Crippen LogP contribution is 2.21. The Morgan fingerprint density at radius 1 is 0.929 bits per heavy atom. The van der Waals surface area contributed by atoms with Crippen LogP contribution in [-0.2, 0) is 4.74 Å². The molecule has 0 aliphatic rings. The van der Waals surface area contributed by atoms with Gasteiger partial charge >= 0.3 is 5.97 Å². The first-order valence-electron chi connectivity index (χ1n) is 8.64. The van der Waals surface area contributed by atoms with Gasteiger partial charge in [-0.3, -0.25) is 4.79 Å². The fourth-order valence-corrected chi connectivity index (χ4v) is 2.70. The van der Waals surface area contributed by atoms with E-state index in [9.17, 15) is 9.59 Å². The number of aromatic amines is 1. The number of carbonyl (C=O) groups is 2. The summed E-state index contributed by atoms with van der Waals surface area (Å²) >= 11 is 0. The quantitative estimate of drug-likeness (QED) is 0.414. The molecule has 0 atom stereocenters. The number of rotatable bonds is 6. The number of nitrogens with zero attached hydrogens (tertiary/aromatic N) is 3. The van der Waals surface area contributed by atoms with Gasteiger partial charge in [0, 0.05) is 11.8 Å². The highest BCUT2D eigenvalue weighted by molar-refractivity contribution is 5.97. The van der Waals surface area contributed by atoms with Crippen molar-refractivity contribution in [1.29, 1.82) is 0 Å². The number of H-pyrrole nitrogens is 1. The van der Waals surface area contributed by atoms with Crippen LogP contribution < -0.4 is 0 Å². The van der Waals surface area contributed by atoms with Crippen molar-refractivity contribution < 1.29 is 14.3 Å². The van der Waals surface area contributed by atoms with Gasteiger partial charge in [0.05, 0.1) is 11.4 Å². The van der Waals surface area contributed by atoms with Crippen LogP contribution in [0.3, 0.4) is 0 Å². The van der Waals surface area contributed by atoms with E-state index in [1.54, 1.807) is 23.0 Å². The molecule has 0 aliphatic heterocycles. The van der Waals surface area contributed by atoms with Gasteiger partial charge < -0.3 is 9.72 Å². The van der Waals surface area contributed by atoms with Gasteiger partial charge in [0.2, 0.25) is 5.78 Å². The fourth-order valence-electron chi connectivity index (χ4n) is 2.70. The van der Waals surface area contributed by atoms with Crippen LogP contribution in [-0.4, -0.2) is 38.1 Å². The Balaban J connectivity index is 1.62. The molecule has 7 nitrogen and oxygen atoms in total. The smallest absolute Gasteiger partial charge is 0.378 e. The molecule has 4 rings (SSSR count). The number of ketones is 1. The van der Waals surface area contributed by atoms with E-state index in [-0.39, 0.29) is 18.2 Å². The largest absolute Gasteiger partial charge is 0.451 e. The Morgan fingerprint density at radius 3 is 2.32 bits per heavy atom. The van der Waals surface area contributed by atoms with Crippen LogP contribution in [0.25, 0.3) is 17.1 Å². The lowest BCUT2D eigenvalue weighted by Gasteiger charge is -2.05. The van der Waals surface area contributed by atoms with E-state index in [2.05, 4.69) is 15.1 Å². The number of nitrogens with one attached hydrogen (secondary N) is 1. The lowest BCUT2D eigenvalue weighted by molar-refractivity contribution is 0.0461. The van der Waals surface area contributed by atoms with Crippen LogP contribution in [0.1, 0.15) is 21.1 Å². The van der Waals surface area contributed by atoms with E-state index < -0.39 is 5.97 Å². The number of carbonyl (C=O) groups excluding carboxylic acids is 2. The van der Waals surface area contributed by atoms with E-state index in [1.807, 2.05) is 60.7 Å². The van der Waals surface area contributed by atoms with Gasteiger partial charge in [-0.25, -0.2) is 14.5 Å². The second-order valence-electron chi connectivity index (χ2n) is 5.96. The molecule has 7 heteroatoms. The minimum atomic E-state index is -0.758. The fraction of sp³-hybridized carbons (Fsp3) is 0.0476. The summed E-state index contributed by atoms with van der Waals surface area (Å²) in [6.45, 7) is -0.389. The maximum Gasteiger partial charge on any atom is 0.378 e. The molecule has 0 amide bonds. The van der Waals surface area contributed by atoms with E-state index >= 15 is 0 Å². The number of benzene rings is 2. The van der Waals surface area contributed by atoms with Gasteiger partial charge in [-0.15, -0.1) is 5.10 Å². The van der Waals surface area contributed by atoms with Crippen molar-refractivity contribution in [3.63, 3.8) is 0 Å². The normalized spacial score (nSPS) is 10.6. The average molecular weight is 372 g/mol.